The molecule has 1 aromatic rings. The second kappa shape index (κ2) is 6.23. The molecule has 1 aliphatic rings. The predicted octanol–water partition coefficient (Wildman–Crippen LogP) is 1.54. The van der Waals surface area contributed by atoms with Crippen LogP contribution < -0.4 is 5.56 Å². The number of fused-ring (bicyclic) bond motifs is 1. The average Bonchev–Trinajstić information content (AvgIpc) is 2.80. The summed E-state index contributed by atoms with van der Waals surface area (Å²) in [7, 11) is 1.83. The van der Waals surface area contributed by atoms with E-state index in [4.69, 9.17) is 0 Å². The lowest BCUT2D eigenvalue weighted by atomic mass is 10.2. The second-order valence-electron chi connectivity index (χ2n) is 4.77. The van der Waals surface area contributed by atoms with Crippen LogP contribution in [0.4, 0.5) is 0 Å². The molecule has 0 radical (unpaired) electrons. The number of hydrogen-bond donors (Lipinski definition) is 0. The van der Waals surface area contributed by atoms with Gasteiger partial charge in [0.1, 0.15) is 0 Å². The van der Waals surface area contributed by atoms with Crippen molar-refractivity contribution in [3.8, 4) is 0 Å². The van der Waals surface area contributed by atoms with Gasteiger partial charge in [-0.3, -0.25) is 14.2 Å². The predicted molar refractivity (Wildman–Crippen MR) is 75.4 cm³/mol. The quantitative estimate of drug-likeness (QED) is 0.768. The Hall–Kier alpha value is -1.30. The largest absolute Gasteiger partial charge is 0.346 e. The van der Waals surface area contributed by atoms with E-state index in [2.05, 4.69) is 11.9 Å². The van der Waals surface area contributed by atoms with Gasteiger partial charge in [-0.15, -0.1) is 0 Å². The molecule has 0 bridgehead atoms. The number of carbonyl (C=O) groups excluding carboxylic acids is 1. The Balaban J connectivity index is 2.03. The lowest BCUT2D eigenvalue weighted by molar-refractivity contribution is -0.130. The lowest BCUT2D eigenvalue weighted by Crippen LogP contribution is -2.32. The molecule has 0 spiro atoms. The van der Waals surface area contributed by atoms with Crippen LogP contribution in [-0.4, -0.2) is 39.7 Å². The van der Waals surface area contributed by atoms with E-state index in [1.54, 1.807) is 21.2 Å². The highest BCUT2D eigenvalue weighted by Gasteiger charge is 2.27. The van der Waals surface area contributed by atoms with Crippen LogP contribution in [0.1, 0.15) is 32.2 Å². The molecule has 2 rings (SSSR count). The van der Waals surface area contributed by atoms with Crippen molar-refractivity contribution in [2.75, 3.05) is 19.3 Å². The molecule has 0 saturated carbocycles. The van der Waals surface area contributed by atoms with Crippen molar-refractivity contribution in [1.29, 1.82) is 0 Å². The minimum absolute atomic E-state index is 0.0576. The number of carbonyl (C=O) groups is 1. The van der Waals surface area contributed by atoms with Gasteiger partial charge in [0.05, 0.1) is 6.04 Å². The van der Waals surface area contributed by atoms with Crippen LogP contribution in [0.3, 0.4) is 0 Å². The van der Waals surface area contributed by atoms with Gasteiger partial charge < -0.3 is 4.90 Å². The van der Waals surface area contributed by atoms with Crippen molar-refractivity contribution in [3.63, 3.8) is 0 Å². The molecule has 1 unspecified atom stereocenters. The van der Waals surface area contributed by atoms with Crippen LogP contribution in [0.2, 0.25) is 0 Å². The summed E-state index contributed by atoms with van der Waals surface area (Å²) < 4.78 is 1.65. The van der Waals surface area contributed by atoms with E-state index in [0.29, 0.717) is 6.42 Å². The molecule has 104 valence electrons. The van der Waals surface area contributed by atoms with Crippen molar-refractivity contribution in [3.05, 3.63) is 22.6 Å². The van der Waals surface area contributed by atoms with Crippen LogP contribution in [0.5, 0.6) is 0 Å². The first kappa shape index (κ1) is 14.1. The molecule has 0 saturated heterocycles. The van der Waals surface area contributed by atoms with Crippen LogP contribution in [0, 0.1) is 0 Å². The molecule has 2 heterocycles. The third kappa shape index (κ3) is 3.18. The molecule has 1 aromatic heterocycles. The molecule has 6 heteroatoms. The monoisotopic (exact) mass is 281 g/mol. The summed E-state index contributed by atoms with van der Waals surface area (Å²) in [5, 5.41) is 0.724. The summed E-state index contributed by atoms with van der Waals surface area (Å²) in [6.45, 7) is 2.89. The van der Waals surface area contributed by atoms with E-state index in [1.807, 2.05) is 7.05 Å². The Morgan fingerprint density at radius 3 is 3.16 bits per heavy atom. The zero-order valence-corrected chi connectivity index (χ0v) is 12.2. The fourth-order valence-corrected chi connectivity index (χ4v) is 3.24. The summed E-state index contributed by atoms with van der Waals surface area (Å²) >= 11 is 1.54. The van der Waals surface area contributed by atoms with Crippen molar-refractivity contribution in [2.45, 2.75) is 37.4 Å². The van der Waals surface area contributed by atoms with E-state index in [9.17, 15) is 9.59 Å². The highest BCUT2D eigenvalue weighted by Crippen LogP contribution is 2.31. The molecular formula is C13H19N3O2S. The van der Waals surface area contributed by atoms with E-state index in [-0.39, 0.29) is 17.5 Å². The van der Waals surface area contributed by atoms with Gasteiger partial charge >= 0.3 is 0 Å². The van der Waals surface area contributed by atoms with Crippen LogP contribution >= 0.6 is 11.8 Å². The van der Waals surface area contributed by atoms with E-state index in [1.165, 1.54) is 12.3 Å². The van der Waals surface area contributed by atoms with Gasteiger partial charge in [-0.2, -0.15) is 0 Å². The minimum Gasteiger partial charge on any atom is -0.346 e. The van der Waals surface area contributed by atoms with Gasteiger partial charge in [0, 0.05) is 38.0 Å². The second-order valence-corrected chi connectivity index (χ2v) is 5.76. The van der Waals surface area contributed by atoms with E-state index >= 15 is 0 Å². The van der Waals surface area contributed by atoms with Gasteiger partial charge in [0.25, 0.3) is 5.56 Å². The molecule has 0 aromatic carbocycles. The van der Waals surface area contributed by atoms with E-state index in [0.717, 1.165) is 30.3 Å². The fourth-order valence-electron chi connectivity index (χ4n) is 2.12. The molecule has 1 amide bonds. The molecule has 0 aliphatic carbocycles. The van der Waals surface area contributed by atoms with Gasteiger partial charge in [-0.05, 0) is 6.42 Å². The Bertz CT molecular complexity index is 515. The Morgan fingerprint density at radius 2 is 2.42 bits per heavy atom. The van der Waals surface area contributed by atoms with Crippen molar-refractivity contribution >= 4 is 17.7 Å². The maximum Gasteiger partial charge on any atom is 0.254 e. The molecule has 1 atom stereocenters. The number of thioether (sulfide) groups is 1. The highest BCUT2D eigenvalue weighted by atomic mass is 32.2. The number of hydrogen-bond acceptors (Lipinski definition) is 4. The highest BCUT2D eigenvalue weighted by molar-refractivity contribution is 7.99. The van der Waals surface area contributed by atoms with Crippen molar-refractivity contribution < 1.29 is 4.79 Å². The normalized spacial score (nSPS) is 17.3. The Kier molecular flexibility index (Phi) is 4.63. The summed E-state index contributed by atoms with van der Waals surface area (Å²) in [4.78, 5) is 29.9. The minimum atomic E-state index is -0.0657. The summed E-state index contributed by atoms with van der Waals surface area (Å²) in [5.74, 6) is 0.849. The molecule has 0 fully saturated rings. The van der Waals surface area contributed by atoms with Crippen LogP contribution in [0.25, 0.3) is 0 Å². The van der Waals surface area contributed by atoms with Gasteiger partial charge in [0.2, 0.25) is 5.91 Å². The SMILES string of the molecule is CCCCN(C)C(=O)CC1CSc2nccc(=O)n21. The maximum absolute atomic E-state index is 12.1. The number of unbranched alkanes of at least 4 members (excludes halogenated alkanes) is 1. The van der Waals surface area contributed by atoms with Crippen LogP contribution in [0.15, 0.2) is 22.2 Å². The molecule has 1 aliphatic heterocycles. The van der Waals surface area contributed by atoms with Crippen LogP contribution in [-0.2, 0) is 4.79 Å². The molecule has 0 N–H and O–H groups in total. The van der Waals surface area contributed by atoms with Gasteiger partial charge in [-0.25, -0.2) is 4.98 Å². The topological polar surface area (TPSA) is 55.2 Å². The average molecular weight is 281 g/mol. The zero-order valence-electron chi connectivity index (χ0n) is 11.3. The third-order valence-electron chi connectivity index (χ3n) is 3.30. The lowest BCUT2D eigenvalue weighted by Gasteiger charge is -2.19. The Labute approximate surface area is 117 Å². The first-order valence-electron chi connectivity index (χ1n) is 6.57. The molecular weight excluding hydrogens is 262 g/mol. The summed E-state index contributed by atoms with van der Waals surface area (Å²) in [6.07, 6.45) is 3.99. The van der Waals surface area contributed by atoms with Crippen molar-refractivity contribution in [2.24, 2.45) is 0 Å². The molecule has 19 heavy (non-hydrogen) atoms. The summed E-state index contributed by atoms with van der Waals surface area (Å²) in [6, 6.07) is 1.39. The standard InChI is InChI=1S/C13H19N3O2S/c1-3-4-7-15(2)12(18)8-10-9-19-13-14-6-5-11(17)16(10)13/h5-6,10H,3-4,7-9H2,1-2H3. The van der Waals surface area contributed by atoms with Gasteiger partial charge in [0.15, 0.2) is 5.16 Å². The fraction of sp³-hybridized carbons (Fsp3) is 0.615. The number of aromatic nitrogens is 2. The first-order chi connectivity index (χ1) is 9.13. The smallest absolute Gasteiger partial charge is 0.254 e. The zero-order chi connectivity index (χ0) is 13.8. The number of nitrogens with zero attached hydrogens (tertiary/aromatic N) is 3. The van der Waals surface area contributed by atoms with Crippen molar-refractivity contribution in [1.82, 2.24) is 14.5 Å². The first-order valence-corrected chi connectivity index (χ1v) is 7.56. The molecule has 5 nitrogen and oxygen atoms in total. The number of amides is 1. The third-order valence-corrected chi connectivity index (χ3v) is 4.41. The summed E-state index contributed by atoms with van der Waals surface area (Å²) in [5.41, 5.74) is -0.0657. The van der Waals surface area contributed by atoms with E-state index < -0.39 is 0 Å². The Morgan fingerprint density at radius 1 is 1.63 bits per heavy atom. The van der Waals surface area contributed by atoms with Gasteiger partial charge in [-0.1, -0.05) is 25.1 Å². The number of rotatable bonds is 5. The maximum atomic E-state index is 12.1.